The molecule has 0 radical (unpaired) electrons. The van der Waals surface area contributed by atoms with E-state index in [1.54, 1.807) is 26.2 Å². The molecule has 114 valence electrons. The third-order valence-corrected chi connectivity index (χ3v) is 3.46. The van der Waals surface area contributed by atoms with Crippen LogP contribution in [0.2, 0.25) is 0 Å². The van der Waals surface area contributed by atoms with E-state index in [4.69, 9.17) is 19.3 Å². The number of primary sulfonamides is 1. The average molecular weight is 303 g/mol. The van der Waals surface area contributed by atoms with Crippen molar-refractivity contribution in [2.24, 2.45) is 5.14 Å². The van der Waals surface area contributed by atoms with Crippen LogP contribution in [0.4, 0.5) is 0 Å². The molecule has 0 bridgehead atoms. The summed E-state index contributed by atoms with van der Waals surface area (Å²) >= 11 is 0. The monoisotopic (exact) mass is 303 g/mol. The van der Waals surface area contributed by atoms with E-state index in [1.807, 2.05) is 0 Å². The molecule has 6 nitrogen and oxygen atoms in total. The summed E-state index contributed by atoms with van der Waals surface area (Å²) in [4.78, 5) is -0.00289. The summed E-state index contributed by atoms with van der Waals surface area (Å²) in [5.74, 6) is 0.249. The molecular formula is C13H21NO5S. The molecule has 2 N–H and O–H groups in total. The number of ether oxygens (including phenoxy) is 3. The van der Waals surface area contributed by atoms with Crippen molar-refractivity contribution in [3.63, 3.8) is 0 Å². The second kappa shape index (κ2) is 8.21. The molecule has 0 saturated carbocycles. The van der Waals surface area contributed by atoms with Gasteiger partial charge in [0.2, 0.25) is 10.0 Å². The highest BCUT2D eigenvalue weighted by molar-refractivity contribution is 7.89. The van der Waals surface area contributed by atoms with Crippen LogP contribution >= 0.6 is 0 Å². The molecule has 0 aliphatic heterocycles. The maximum absolute atomic E-state index is 11.5. The van der Waals surface area contributed by atoms with E-state index < -0.39 is 10.0 Å². The predicted octanol–water partition coefficient (Wildman–Crippen LogP) is 1.07. The Morgan fingerprint density at radius 3 is 2.55 bits per heavy atom. The van der Waals surface area contributed by atoms with Crippen LogP contribution in [-0.4, -0.2) is 42.0 Å². The maximum Gasteiger partial charge on any atom is 0.241 e. The largest absolute Gasteiger partial charge is 0.490 e. The SMILES string of the molecule is COCCCOCCOc1ccc(C)cc1S(N)(=O)=O. The predicted molar refractivity (Wildman–Crippen MR) is 75.4 cm³/mol. The summed E-state index contributed by atoms with van der Waals surface area (Å²) in [5, 5.41) is 5.16. The van der Waals surface area contributed by atoms with Crippen LogP contribution in [0.25, 0.3) is 0 Å². The Morgan fingerprint density at radius 2 is 1.90 bits per heavy atom. The van der Waals surface area contributed by atoms with E-state index in [2.05, 4.69) is 0 Å². The van der Waals surface area contributed by atoms with Crippen LogP contribution in [-0.2, 0) is 19.5 Å². The highest BCUT2D eigenvalue weighted by atomic mass is 32.2. The fourth-order valence-corrected chi connectivity index (χ4v) is 2.33. The van der Waals surface area contributed by atoms with Crippen molar-refractivity contribution in [2.45, 2.75) is 18.2 Å². The molecule has 0 amide bonds. The number of hydrogen-bond acceptors (Lipinski definition) is 5. The van der Waals surface area contributed by atoms with Gasteiger partial charge < -0.3 is 14.2 Å². The van der Waals surface area contributed by atoms with E-state index in [1.165, 1.54) is 6.07 Å². The van der Waals surface area contributed by atoms with Crippen molar-refractivity contribution >= 4 is 10.0 Å². The molecule has 0 unspecified atom stereocenters. The van der Waals surface area contributed by atoms with Crippen LogP contribution in [0.5, 0.6) is 5.75 Å². The second-order valence-electron chi connectivity index (χ2n) is 4.30. The van der Waals surface area contributed by atoms with E-state index in [0.29, 0.717) is 19.8 Å². The van der Waals surface area contributed by atoms with E-state index >= 15 is 0 Å². The van der Waals surface area contributed by atoms with E-state index in [9.17, 15) is 8.42 Å². The molecule has 0 heterocycles. The second-order valence-corrected chi connectivity index (χ2v) is 5.83. The van der Waals surface area contributed by atoms with Gasteiger partial charge in [-0.2, -0.15) is 0 Å². The number of aryl methyl sites for hydroxylation is 1. The molecule has 0 aliphatic rings. The Morgan fingerprint density at radius 1 is 1.15 bits per heavy atom. The van der Waals surface area contributed by atoms with Crippen LogP contribution in [0, 0.1) is 6.92 Å². The molecule has 20 heavy (non-hydrogen) atoms. The fraction of sp³-hybridized carbons (Fsp3) is 0.538. The van der Waals surface area contributed by atoms with Crippen LogP contribution in [0.15, 0.2) is 23.1 Å². The van der Waals surface area contributed by atoms with Crippen molar-refractivity contribution < 1.29 is 22.6 Å². The summed E-state index contributed by atoms with van der Waals surface area (Å²) in [6.45, 7) is 3.65. The standard InChI is InChI=1S/C13H21NO5S/c1-11-4-5-12(13(10-11)20(14,15)16)19-9-8-18-7-3-6-17-2/h4-5,10H,3,6-9H2,1-2H3,(H2,14,15,16). The smallest absolute Gasteiger partial charge is 0.241 e. The molecule has 0 atom stereocenters. The molecule has 7 heteroatoms. The average Bonchev–Trinajstić information content (AvgIpc) is 2.38. The number of methoxy groups -OCH3 is 1. The first kappa shape index (κ1) is 16.9. The minimum atomic E-state index is -3.79. The van der Waals surface area contributed by atoms with Gasteiger partial charge in [0.15, 0.2) is 0 Å². The van der Waals surface area contributed by atoms with Crippen molar-refractivity contribution in [2.75, 3.05) is 33.5 Å². The van der Waals surface area contributed by atoms with Crippen molar-refractivity contribution in [1.82, 2.24) is 0 Å². The van der Waals surface area contributed by atoms with E-state index in [-0.39, 0.29) is 17.3 Å². The molecular weight excluding hydrogens is 282 g/mol. The lowest BCUT2D eigenvalue weighted by atomic mass is 10.2. The molecule has 0 aliphatic carbocycles. The third kappa shape index (κ3) is 5.87. The van der Waals surface area contributed by atoms with E-state index in [0.717, 1.165) is 12.0 Å². The zero-order valence-corrected chi connectivity index (χ0v) is 12.6. The Labute approximate surface area is 119 Å². The van der Waals surface area contributed by atoms with Gasteiger partial charge in [0.1, 0.15) is 17.3 Å². The topological polar surface area (TPSA) is 87.8 Å². The first-order valence-corrected chi connectivity index (χ1v) is 7.82. The zero-order valence-electron chi connectivity index (χ0n) is 11.8. The Bertz CT molecular complexity index is 515. The zero-order chi connectivity index (χ0) is 15.0. The first-order valence-electron chi connectivity index (χ1n) is 6.28. The third-order valence-electron chi connectivity index (χ3n) is 2.53. The molecule has 1 aromatic rings. The van der Waals surface area contributed by atoms with Gasteiger partial charge >= 0.3 is 0 Å². The number of hydrogen-bond donors (Lipinski definition) is 1. The minimum Gasteiger partial charge on any atom is -0.490 e. The summed E-state index contributed by atoms with van der Waals surface area (Å²) in [6, 6.07) is 4.85. The maximum atomic E-state index is 11.5. The van der Waals surface area contributed by atoms with Crippen LogP contribution in [0.3, 0.4) is 0 Å². The van der Waals surface area contributed by atoms with Gasteiger partial charge in [-0.05, 0) is 31.0 Å². The normalized spacial score (nSPS) is 11.6. The Kier molecular flexibility index (Phi) is 6.94. The number of rotatable bonds is 9. The molecule has 0 aromatic heterocycles. The molecule has 1 rings (SSSR count). The summed E-state index contributed by atoms with van der Waals surface area (Å²) in [5.41, 5.74) is 0.803. The molecule has 1 aromatic carbocycles. The van der Waals surface area contributed by atoms with Crippen LogP contribution in [0.1, 0.15) is 12.0 Å². The quantitative estimate of drug-likeness (QED) is 0.690. The summed E-state index contributed by atoms with van der Waals surface area (Å²) < 4.78 is 38.6. The minimum absolute atomic E-state index is 0.00289. The van der Waals surface area contributed by atoms with Gasteiger partial charge in [-0.15, -0.1) is 0 Å². The van der Waals surface area contributed by atoms with Gasteiger partial charge in [-0.1, -0.05) is 6.07 Å². The van der Waals surface area contributed by atoms with Crippen molar-refractivity contribution in [3.8, 4) is 5.75 Å². The first-order chi connectivity index (χ1) is 9.45. The van der Waals surface area contributed by atoms with Crippen molar-refractivity contribution in [3.05, 3.63) is 23.8 Å². The van der Waals surface area contributed by atoms with Crippen molar-refractivity contribution in [1.29, 1.82) is 0 Å². The number of sulfonamides is 1. The Hall–Kier alpha value is -1.15. The highest BCUT2D eigenvalue weighted by Gasteiger charge is 2.15. The highest BCUT2D eigenvalue weighted by Crippen LogP contribution is 2.23. The summed E-state index contributed by atoms with van der Waals surface area (Å²) in [7, 11) is -2.16. The van der Waals surface area contributed by atoms with Gasteiger partial charge in [-0.3, -0.25) is 0 Å². The van der Waals surface area contributed by atoms with Gasteiger partial charge in [0.25, 0.3) is 0 Å². The summed E-state index contributed by atoms with van der Waals surface area (Å²) in [6.07, 6.45) is 0.809. The fourth-order valence-electron chi connectivity index (χ4n) is 1.57. The lowest BCUT2D eigenvalue weighted by Gasteiger charge is -2.11. The lowest BCUT2D eigenvalue weighted by Crippen LogP contribution is -2.15. The van der Waals surface area contributed by atoms with Gasteiger partial charge in [-0.25, -0.2) is 13.6 Å². The number of nitrogens with two attached hydrogens (primary N) is 1. The number of benzene rings is 1. The molecule has 0 fully saturated rings. The molecule has 0 saturated heterocycles. The van der Waals surface area contributed by atoms with Gasteiger partial charge in [0, 0.05) is 20.3 Å². The Balaban J connectivity index is 2.48. The lowest BCUT2D eigenvalue weighted by molar-refractivity contribution is 0.0799. The van der Waals surface area contributed by atoms with Crippen LogP contribution < -0.4 is 9.88 Å². The van der Waals surface area contributed by atoms with Gasteiger partial charge in [0.05, 0.1) is 6.61 Å². The molecule has 0 spiro atoms.